The molecule has 3 N–H and O–H groups in total. The highest BCUT2D eigenvalue weighted by atomic mass is 19.1. The van der Waals surface area contributed by atoms with Crippen LogP contribution in [0.2, 0.25) is 0 Å². The molecule has 1 aliphatic carbocycles. The van der Waals surface area contributed by atoms with E-state index in [4.69, 9.17) is 9.47 Å². The second-order valence-electron chi connectivity index (χ2n) is 9.64. The molecule has 1 aromatic heterocycles. The van der Waals surface area contributed by atoms with Gasteiger partial charge in [0.25, 0.3) is 0 Å². The minimum Gasteiger partial charge on any atom is -0.457 e. The van der Waals surface area contributed by atoms with Crippen LogP contribution in [-0.2, 0) is 14.3 Å². The second kappa shape index (κ2) is 11.3. The lowest BCUT2D eigenvalue weighted by Crippen LogP contribution is -2.35. The number of amides is 4. The Morgan fingerprint density at radius 1 is 0.950 bits per heavy atom. The minimum absolute atomic E-state index is 0.00409. The van der Waals surface area contributed by atoms with E-state index in [0.29, 0.717) is 37.4 Å². The molecule has 2 heterocycles. The van der Waals surface area contributed by atoms with E-state index in [1.54, 1.807) is 18.1 Å². The summed E-state index contributed by atoms with van der Waals surface area (Å²) >= 11 is 0. The van der Waals surface area contributed by atoms with Gasteiger partial charge in [0.15, 0.2) is 0 Å². The molecule has 1 saturated heterocycles. The van der Waals surface area contributed by atoms with Crippen LogP contribution < -0.4 is 20.7 Å². The number of urea groups is 1. The van der Waals surface area contributed by atoms with E-state index in [9.17, 15) is 23.2 Å². The Morgan fingerprint density at radius 2 is 1.68 bits per heavy atom. The number of carbonyl (C=O) groups is 3. The molecule has 10 nitrogen and oxygen atoms in total. The van der Waals surface area contributed by atoms with E-state index in [1.165, 1.54) is 48.7 Å². The number of pyridine rings is 1. The molecule has 208 valence electrons. The summed E-state index contributed by atoms with van der Waals surface area (Å²) in [6, 6.07) is 11.8. The molecule has 2 fully saturated rings. The number of nitrogens with one attached hydrogen (secondary N) is 3. The lowest BCUT2D eigenvalue weighted by Gasteiger charge is -2.17. The summed E-state index contributed by atoms with van der Waals surface area (Å²) in [6.07, 6.45) is 2.82. The van der Waals surface area contributed by atoms with Crippen molar-refractivity contribution in [3.8, 4) is 11.5 Å². The van der Waals surface area contributed by atoms with Crippen molar-refractivity contribution in [2.75, 3.05) is 36.1 Å². The molecule has 40 heavy (non-hydrogen) atoms. The predicted octanol–water partition coefficient (Wildman–Crippen LogP) is 4.76. The van der Waals surface area contributed by atoms with Crippen LogP contribution in [0, 0.1) is 17.0 Å². The molecule has 1 aliphatic heterocycles. The summed E-state index contributed by atoms with van der Waals surface area (Å²) in [6.45, 7) is 1.06. The number of benzene rings is 2. The average Bonchev–Trinajstić information content (AvgIpc) is 3.62. The fourth-order valence-electron chi connectivity index (χ4n) is 4.34. The maximum atomic E-state index is 14.9. The van der Waals surface area contributed by atoms with Crippen LogP contribution in [0.5, 0.6) is 11.5 Å². The van der Waals surface area contributed by atoms with E-state index in [-0.39, 0.29) is 29.4 Å². The zero-order valence-electron chi connectivity index (χ0n) is 21.6. The Balaban J connectivity index is 1.19. The van der Waals surface area contributed by atoms with E-state index in [0.717, 1.165) is 12.5 Å². The van der Waals surface area contributed by atoms with E-state index < -0.39 is 28.9 Å². The molecule has 5 rings (SSSR count). The van der Waals surface area contributed by atoms with Crippen LogP contribution in [0.3, 0.4) is 0 Å². The lowest BCUT2D eigenvalue weighted by molar-refractivity contribution is -0.131. The van der Waals surface area contributed by atoms with Gasteiger partial charge >= 0.3 is 6.03 Å². The van der Waals surface area contributed by atoms with Crippen LogP contribution >= 0.6 is 0 Å². The standard InChI is InChI=1S/C28H27F2N5O5/c1-39-21-9-13-35(16-21)27(38)34-24-15-20(8-12-31-24)40-19-6-7-23(22(30)14-19)33-26(37)28(10-11-28)25(36)32-18-4-2-17(29)3-5-18/h2-8,12,14-15,21H,9-11,13,16H2,1H3,(H,32,36)(H,33,37)(H,31,34,38). The van der Waals surface area contributed by atoms with E-state index in [2.05, 4.69) is 20.9 Å². The number of nitrogens with zero attached hydrogens (tertiary/aromatic N) is 2. The maximum absolute atomic E-state index is 14.9. The van der Waals surface area contributed by atoms with Crippen LogP contribution in [0.4, 0.5) is 30.8 Å². The fraction of sp³-hybridized carbons (Fsp3) is 0.286. The van der Waals surface area contributed by atoms with Gasteiger partial charge in [-0.15, -0.1) is 0 Å². The number of hydrogen-bond acceptors (Lipinski definition) is 6. The summed E-state index contributed by atoms with van der Waals surface area (Å²) in [5.41, 5.74) is -1.08. The Bertz CT molecular complexity index is 1430. The minimum atomic E-state index is -1.33. The molecule has 2 aliphatic rings. The molecule has 1 unspecified atom stereocenters. The zero-order valence-corrected chi connectivity index (χ0v) is 21.6. The molecule has 0 spiro atoms. The number of rotatable bonds is 8. The quantitative estimate of drug-likeness (QED) is 0.347. The summed E-state index contributed by atoms with van der Waals surface area (Å²) < 4.78 is 39.0. The highest BCUT2D eigenvalue weighted by molar-refractivity contribution is 6.16. The summed E-state index contributed by atoms with van der Waals surface area (Å²) in [5.74, 6) is -1.66. The normalized spacial score (nSPS) is 17.2. The van der Waals surface area contributed by atoms with Gasteiger partial charge in [0.1, 0.15) is 34.4 Å². The van der Waals surface area contributed by atoms with Crippen molar-refractivity contribution in [1.82, 2.24) is 9.88 Å². The Labute approximate surface area is 228 Å². The monoisotopic (exact) mass is 551 g/mol. The highest BCUT2D eigenvalue weighted by Gasteiger charge is 2.56. The topological polar surface area (TPSA) is 122 Å². The molecule has 3 aromatic rings. The number of halogens is 2. The average molecular weight is 552 g/mol. The second-order valence-corrected chi connectivity index (χ2v) is 9.64. The molecule has 12 heteroatoms. The van der Waals surface area contributed by atoms with E-state index in [1.807, 2.05) is 0 Å². The van der Waals surface area contributed by atoms with Crippen LogP contribution in [0.15, 0.2) is 60.8 Å². The van der Waals surface area contributed by atoms with Gasteiger partial charge in [-0.1, -0.05) is 0 Å². The van der Waals surface area contributed by atoms with Crippen molar-refractivity contribution >= 4 is 35.0 Å². The van der Waals surface area contributed by atoms with Crippen LogP contribution in [-0.4, -0.2) is 54.0 Å². The number of aromatic nitrogens is 1. The van der Waals surface area contributed by atoms with Gasteiger partial charge in [0.05, 0.1) is 11.8 Å². The molecule has 1 saturated carbocycles. The highest BCUT2D eigenvalue weighted by Crippen LogP contribution is 2.47. The van der Waals surface area contributed by atoms with Crippen molar-refractivity contribution in [2.45, 2.75) is 25.4 Å². The third-order valence-electron chi connectivity index (χ3n) is 6.88. The molecule has 0 radical (unpaired) electrons. The van der Waals surface area contributed by atoms with Gasteiger partial charge in [-0.25, -0.2) is 18.6 Å². The largest absolute Gasteiger partial charge is 0.457 e. The molecule has 1 atom stereocenters. The number of ether oxygens (including phenoxy) is 2. The Morgan fingerprint density at radius 3 is 2.35 bits per heavy atom. The first-order valence-corrected chi connectivity index (χ1v) is 12.7. The van der Waals surface area contributed by atoms with Gasteiger partial charge < -0.3 is 25.0 Å². The molecular formula is C28H27F2N5O5. The summed E-state index contributed by atoms with van der Waals surface area (Å²) in [7, 11) is 1.61. The first-order valence-electron chi connectivity index (χ1n) is 12.7. The van der Waals surface area contributed by atoms with Crippen LogP contribution in [0.25, 0.3) is 0 Å². The molecule has 0 bridgehead atoms. The van der Waals surface area contributed by atoms with Gasteiger partial charge in [-0.2, -0.15) is 0 Å². The smallest absolute Gasteiger partial charge is 0.323 e. The Hall–Kier alpha value is -4.58. The van der Waals surface area contributed by atoms with Crippen molar-refractivity contribution < 1.29 is 32.6 Å². The molecular weight excluding hydrogens is 524 g/mol. The van der Waals surface area contributed by atoms with Crippen LogP contribution in [0.1, 0.15) is 19.3 Å². The maximum Gasteiger partial charge on any atom is 0.323 e. The van der Waals surface area contributed by atoms with Crippen molar-refractivity contribution in [3.05, 3.63) is 72.4 Å². The number of anilines is 3. The summed E-state index contributed by atoms with van der Waals surface area (Å²) in [4.78, 5) is 43.9. The third kappa shape index (κ3) is 6.01. The first kappa shape index (κ1) is 27.0. The third-order valence-corrected chi connectivity index (χ3v) is 6.88. The van der Waals surface area contributed by atoms with Gasteiger partial charge in [0, 0.05) is 44.2 Å². The predicted molar refractivity (Wildman–Crippen MR) is 142 cm³/mol. The fourth-order valence-corrected chi connectivity index (χ4v) is 4.34. The van der Waals surface area contributed by atoms with Crippen molar-refractivity contribution in [1.29, 1.82) is 0 Å². The lowest BCUT2D eigenvalue weighted by atomic mass is 10.0. The van der Waals surface area contributed by atoms with E-state index >= 15 is 0 Å². The molecule has 4 amide bonds. The van der Waals surface area contributed by atoms with Crippen molar-refractivity contribution in [2.24, 2.45) is 5.41 Å². The number of likely N-dealkylation sites (tertiary alicyclic amines) is 1. The van der Waals surface area contributed by atoms with Gasteiger partial charge in [0.2, 0.25) is 11.8 Å². The summed E-state index contributed by atoms with van der Waals surface area (Å²) in [5, 5.41) is 7.80. The zero-order chi connectivity index (χ0) is 28.3. The molecule has 2 aromatic carbocycles. The Kier molecular flexibility index (Phi) is 7.60. The van der Waals surface area contributed by atoms with Gasteiger partial charge in [-0.3, -0.25) is 14.9 Å². The number of carbonyl (C=O) groups excluding carboxylic acids is 3. The van der Waals surface area contributed by atoms with Gasteiger partial charge in [-0.05, 0) is 61.7 Å². The van der Waals surface area contributed by atoms with Crippen molar-refractivity contribution in [3.63, 3.8) is 0 Å². The number of methoxy groups -OCH3 is 1. The number of hydrogen-bond donors (Lipinski definition) is 3. The first-order chi connectivity index (χ1) is 19.3. The SMILES string of the molecule is COC1CCN(C(=O)Nc2cc(Oc3ccc(NC(=O)C4(C(=O)Nc5ccc(F)cc5)CC4)c(F)c3)ccn2)C1.